The zero-order chi connectivity index (χ0) is 17.9. The van der Waals surface area contributed by atoms with E-state index in [1.807, 2.05) is 12.1 Å². The zero-order valence-corrected chi connectivity index (χ0v) is 15.2. The van der Waals surface area contributed by atoms with Gasteiger partial charge in [-0.2, -0.15) is 0 Å². The Bertz CT molecular complexity index is 609. The van der Waals surface area contributed by atoms with Crippen LogP contribution in [0.3, 0.4) is 0 Å². The van der Waals surface area contributed by atoms with Crippen molar-refractivity contribution in [2.75, 3.05) is 26.8 Å². The van der Waals surface area contributed by atoms with Gasteiger partial charge in [0.15, 0.2) is 0 Å². The smallest absolute Gasteiger partial charge is 0.0670 e. The molecule has 1 heterocycles. The van der Waals surface area contributed by atoms with Crippen molar-refractivity contribution in [2.45, 2.75) is 32.0 Å². The highest BCUT2D eigenvalue weighted by molar-refractivity contribution is 5.17. The molecule has 0 saturated carbocycles. The molecule has 2 aromatic rings. The minimum atomic E-state index is -0.340. The summed E-state index contributed by atoms with van der Waals surface area (Å²) in [6.45, 7) is 7.50. The molecule has 0 fully saturated rings. The van der Waals surface area contributed by atoms with Crippen molar-refractivity contribution in [1.82, 2.24) is 9.47 Å². The van der Waals surface area contributed by atoms with E-state index in [0.29, 0.717) is 13.2 Å². The number of ether oxygens (including phenoxy) is 1. The summed E-state index contributed by atoms with van der Waals surface area (Å²) in [5, 5.41) is 10.2. The molecule has 0 radical (unpaired) electrons. The van der Waals surface area contributed by atoms with Gasteiger partial charge in [-0.3, -0.25) is 4.90 Å². The molecular formula is C21H30N2O2. The van der Waals surface area contributed by atoms with Gasteiger partial charge in [-0.25, -0.2) is 0 Å². The Hall–Kier alpha value is -1.88. The van der Waals surface area contributed by atoms with Gasteiger partial charge < -0.3 is 14.4 Å². The Kier molecular flexibility index (Phi) is 8.46. The van der Waals surface area contributed by atoms with Crippen LogP contribution in [-0.2, 0) is 17.8 Å². The molecule has 25 heavy (non-hydrogen) atoms. The number of aliphatic hydroxyl groups is 1. The van der Waals surface area contributed by atoms with E-state index in [-0.39, 0.29) is 6.10 Å². The van der Waals surface area contributed by atoms with E-state index in [1.165, 1.54) is 11.3 Å². The van der Waals surface area contributed by atoms with E-state index in [9.17, 15) is 5.11 Å². The highest BCUT2D eigenvalue weighted by atomic mass is 16.5. The van der Waals surface area contributed by atoms with Crippen molar-refractivity contribution < 1.29 is 9.84 Å². The summed E-state index contributed by atoms with van der Waals surface area (Å²) < 4.78 is 7.50. The van der Waals surface area contributed by atoms with Gasteiger partial charge in [0.2, 0.25) is 0 Å². The first-order valence-electron chi connectivity index (χ1n) is 8.91. The third kappa shape index (κ3) is 6.86. The summed E-state index contributed by atoms with van der Waals surface area (Å²) in [5.74, 6) is 0. The molecule has 0 spiro atoms. The minimum Gasteiger partial charge on any atom is -0.392 e. The van der Waals surface area contributed by atoms with Crippen molar-refractivity contribution in [1.29, 1.82) is 0 Å². The van der Waals surface area contributed by atoms with Gasteiger partial charge in [-0.1, -0.05) is 36.4 Å². The van der Waals surface area contributed by atoms with E-state index < -0.39 is 0 Å². The standard InChI is InChI=1S/C21H30N2O2/c1-3-4-12-21(24)18-22(14-15-25-2)17-20-11-8-13-23(20)16-19-9-6-5-7-10-19/h3,5-11,13,21,24H,1,4,12,14-18H2,2H3. The van der Waals surface area contributed by atoms with Gasteiger partial charge in [0, 0.05) is 45.2 Å². The molecule has 2 rings (SSSR count). The lowest BCUT2D eigenvalue weighted by Crippen LogP contribution is -2.35. The van der Waals surface area contributed by atoms with Crippen LogP contribution >= 0.6 is 0 Å². The number of rotatable bonds is 12. The van der Waals surface area contributed by atoms with Gasteiger partial charge in [0.25, 0.3) is 0 Å². The van der Waals surface area contributed by atoms with E-state index in [1.54, 1.807) is 7.11 Å². The number of nitrogens with zero attached hydrogens (tertiary/aromatic N) is 2. The maximum absolute atomic E-state index is 10.2. The molecular weight excluding hydrogens is 312 g/mol. The predicted molar refractivity (Wildman–Crippen MR) is 103 cm³/mol. The van der Waals surface area contributed by atoms with Crippen LogP contribution in [0.25, 0.3) is 0 Å². The zero-order valence-electron chi connectivity index (χ0n) is 15.2. The molecule has 0 aliphatic rings. The van der Waals surface area contributed by atoms with Crippen LogP contribution in [0.4, 0.5) is 0 Å². The van der Waals surface area contributed by atoms with E-state index >= 15 is 0 Å². The van der Waals surface area contributed by atoms with Gasteiger partial charge in [0.1, 0.15) is 0 Å². The van der Waals surface area contributed by atoms with Crippen LogP contribution in [0.1, 0.15) is 24.1 Å². The molecule has 0 aliphatic heterocycles. The summed E-state index contributed by atoms with van der Waals surface area (Å²) >= 11 is 0. The SMILES string of the molecule is C=CCCC(O)CN(CCOC)Cc1cccn1Cc1ccccc1. The monoisotopic (exact) mass is 342 g/mol. The van der Waals surface area contributed by atoms with Crippen LogP contribution in [-0.4, -0.2) is 47.5 Å². The molecule has 1 unspecified atom stereocenters. The highest BCUT2D eigenvalue weighted by Crippen LogP contribution is 2.12. The fourth-order valence-electron chi connectivity index (χ4n) is 2.91. The summed E-state index contributed by atoms with van der Waals surface area (Å²) in [5.41, 5.74) is 2.53. The van der Waals surface area contributed by atoms with Crippen molar-refractivity contribution in [3.8, 4) is 0 Å². The second-order valence-electron chi connectivity index (χ2n) is 6.36. The number of methoxy groups -OCH3 is 1. The Morgan fingerprint density at radius 3 is 2.76 bits per heavy atom. The second-order valence-corrected chi connectivity index (χ2v) is 6.36. The van der Waals surface area contributed by atoms with E-state index in [2.05, 4.69) is 58.6 Å². The van der Waals surface area contributed by atoms with Crippen molar-refractivity contribution in [3.63, 3.8) is 0 Å². The topological polar surface area (TPSA) is 37.6 Å². The van der Waals surface area contributed by atoms with E-state index in [0.717, 1.165) is 32.5 Å². The first-order chi connectivity index (χ1) is 12.2. The maximum Gasteiger partial charge on any atom is 0.0670 e. The van der Waals surface area contributed by atoms with Crippen molar-refractivity contribution >= 4 is 0 Å². The third-order valence-corrected chi connectivity index (χ3v) is 4.29. The molecule has 1 aromatic carbocycles. The number of benzene rings is 1. The number of aliphatic hydroxyl groups excluding tert-OH is 1. The highest BCUT2D eigenvalue weighted by Gasteiger charge is 2.13. The molecule has 4 nitrogen and oxygen atoms in total. The molecule has 0 aliphatic carbocycles. The largest absolute Gasteiger partial charge is 0.392 e. The summed E-state index contributed by atoms with van der Waals surface area (Å²) in [4.78, 5) is 2.26. The van der Waals surface area contributed by atoms with Crippen LogP contribution in [0, 0.1) is 0 Å². The Labute approximate surface area is 151 Å². The first-order valence-corrected chi connectivity index (χ1v) is 8.91. The summed E-state index contributed by atoms with van der Waals surface area (Å²) in [7, 11) is 1.71. The normalized spacial score (nSPS) is 12.4. The lowest BCUT2D eigenvalue weighted by molar-refractivity contribution is 0.0797. The number of hydrogen-bond acceptors (Lipinski definition) is 3. The second kappa shape index (κ2) is 10.9. The predicted octanol–water partition coefficient (Wildman–Crippen LogP) is 3.31. The summed E-state index contributed by atoms with van der Waals surface area (Å²) in [6.07, 6.45) is 5.22. The lowest BCUT2D eigenvalue weighted by Gasteiger charge is -2.25. The maximum atomic E-state index is 10.2. The van der Waals surface area contributed by atoms with Crippen LogP contribution in [0.2, 0.25) is 0 Å². The molecule has 0 saturated heterocycles. The fourth-order valence-corrected chi connectivity index (χ4v) is 2.91. The number of allylic oxidation sites excluding steroid dienone is 1. The van der Waals surface area contributed by atoms with Crippen molar-refractivity contribution in [2.24, 2.45) is 0 Å². The molecule has 4 heteroatoms. The first kappa shape index (κ1) is 19.4. The number of aromatic nitrogens is 1. The lowest BCUT2D eigenvalue weighted by atomic mass is 10.2. The Morgan fingerprint density at radius 1 is 1.24 bits per heavy atom. The van der Waals surface area contributed by atoms with Crippen molar-refractivity contribution in [3.05, 3.63) is 72.6 Å². The quantitative estimate of drug-likeness (QED) is 0.601. The molecule has 1 N–H and O–H groups in total. The number of hydrogen-bond donors (Lipinski definition) is 1. The van der Waals surface area contributed by atoms with E-state index in [4.69, 9.17) is 4.74 Å². The molecule has 0 amide bonds. The van der Waals surface area contributed by atoms with Crippen LogP contribution in [0.5, 0.6) is 0 Å². The molecule has 1 atom stereocenters. The van der Waals surface area contributed by atoms with Gasteiger partial charge in [-0.05, 0) is 30.5 Å². The molecule has 136 valence electrons. The van der Waals surface area contributed by atoms with Crippen LogP contribution in [0.15, 0.2) is 61.3 Å². The van der Waals surface area contributed by atoms with Gasteiger partial charge >= 0.3 is 0 Å². The average Bonchev–Trinajstić information content (AvgIpc) is 3.05. The Balaban J connectivity index is 2.00. The summed E-state index contributed by atoms with van der Waals surface area (Å²) in [6, 6.07) is 14.7. The minimum absolute atomic E-state index is 0.340. The Morgan fingerprint density at radius 2 is 2.04 bits per heavy atom. The molecule has 0 bridgehead atoms. The average molecular weight is 342 g/mol. The third-order valence-electron chi connectivity index (χ3n) is 4.29. The molecule has 1 aromatic heterocycles. The van der Waals surface area contributed by atoms with Gasteiger partial charge in [0.05, 0.1) is 12.7 Å². The van der Waals surface area contributed by atoms with Crippen LogP contribution < -0.4 is 0 Å². The van der Waals surface area contributed by atoms with Gasteiger partial charge in [-0.15, -0.1) is 6.58 Å². The fraction of sp³-hybridized carbons (Fsp3) is 0.429.